The molecule has 2 aromatic rings. The van der Waals surface area contributed by atoms with E-state index >= 15 is 0 Å². The van der Waals surface area contributed by atoms with E-state index in [4.69, 9.17) is 4.74 Å². The van der Waals surface area contributed by atoms with Crippen LogP contribution < -0.4 is 5.32 Å². The number of hydrogen-bond donors (Lipinski definition) is 3. The van der Waals surface area contributed by atoms with Gasteiger partial charge in [0.05, 0.1) is 6.10 Å². The Hall–Kier alpha value is -3.39. The Kier molecular flexibility index (Phi) is 6.47. The minimum Gasteiger partial charge on any atom is -0.480 e. The molecule has 3 N–H and O–H groups in total. The maximum absolute atomic E-state index is 13.0. The molecule has 0 bridgehead atoms. The van der Waals surface area contributed by atoms with Gasteiger partial charge in [-0.25, -0.2) is 9.59 Å². The van der Waals surface area contributed by atoms with Crippen LogP contribution >= 0.6 is 0 Å². The van der Waals surface area contributed by atoms with Crippen LogP contribution in [0.4, 0.5) is 4.79 Å². The second-order valence-electron chi connectivity index (χ2n) is 9.76. The summed E-state index contributed by atoms with van der Waals surface area (Å²) in [6, 6.07) is 15.1. The van der Waals surface area contributed by atoms with Crippen LogP contribution in [0.15, 0.2) is 48.5 Å². The first-order chi connectivity index (χ1) is 16.9. The number of aliphatic hydroxyl groups excluding tert-OH is 1. The average molecular weight is 479 g/mol. The first-order valence-corrected chi connectivity index (χ1v) is 12.2. The zero-order chi connectivity index (χ0) is 24.5. The highest BCUT2D eigenvalue weighted by molar-refractivity contribution is 5.86. The van der Waals surface area contributed by atoms with Crippen LogP contribution in [0.3, 0.4) is 0 Å². The van der Waals surface area contributed by atoms with Gasteiger partial charge in [-0.15, -0.1) is 0 Å². The number of carboxylic acid groups (broad SMARTS) is 1. The van der Waals surface area contributed by atoms with Gasteiger partial charge < -0.3 is 25.2 Å². The number of amides is 2. The molecule has 1 saturated heterocycles. The Bertz CT molecular complexity index is 1090. The van der Waals surface area contributed by atoms with Gasteiger partial charge in [0, 0.05) is 30.8 Å². The molecule has 2 unspecified atom stereocenters. The predicted molar refractivity (Wildman–Crippen MR) is 128 cm³/mol. The topological polar surface area (TPSA) is 116 Å². The van der Waals surface area contributed by atoms with Gasteiger partial charge in [-0.2, -0.15) is 0 Å². The standard InChI is InChI=1S/C27H30N2O6/c30-18-13-24(26(32)33)29(14-18)25(31)16-6-5-7-17(12-16)28-27(34)35-15-23-21-10-3-1-8-19(21)20-9-2-4-11-22(20)23/h1-4,8-11,16-18,23-24,30H,5-7,12-15H2,(H,28,34)(H,32,33)/t16?,17?,18-,24-/m1/s1. The molecule has 5 rings (SSSR count). The zero-order valence-electron chi connectivity index (χ0n) is 19.4. The fourth-order valence-corrected chi connectivity index (χ4v) is 5.88. The number of ether oxygens (including phenoxy) is 1. The smallest absolute Gasteiger partial charge is 0.407 e. The normalized spacial score (nSPS) is 25.6. The van der Waals surface area contributed by atoms with E-state index in [1.165, 1.54) is 4.90 Å². The van der Waals surface area contributed by atoms with E-state index in [-0.39, 0.29) is 43.4 Å². The van der Waals surface area contributed by atoms with Crippen molar-refractivity contribution in [1.82, 2.24) is 10.2 Å². The largest absolute Gasteiger partial charge is 0.480 e. The Morgan fingerprint density at radius 3 is 2.29 bits per heavy atom. The van der Waals surface area contributed by atoms with Gasteiger partial charge in [-0.1, -0.05) is 55.0 Å². The van der Waals surface area contributed by atoms with E-state index in [0.29, 0.717) is 12.8 Å². The first-order valence-electron chi connectivity index (χ1n) is 12.2. The predicted octanol–water partition coefficient (Wildman–Crippen LogP) is 3.13. The summed E-state index contributed by atoms with van der Waals surface area (Å²) in [6.45, 7) is 0.262. The van der Waals surface area contributed by atoms with Crippen LogP contribution in [0, 0.1) is 5.92 Å². The lowest BCUT2D eigenvalue weighted by Crippen LogP contribution is -2.47. The van der Waals surface area contributed by atoms with Gasteiger partial charge in [-0.05, 0) is 41.5 Å². The van der Waals surface area contributed by atoms with Gasteiger partial charge in [0.15, 0.2) is 0 Å². The second-order valence-corrected chi connectivity index (χ2v) is 9.76. The Labute approximate surface area is 203 Å². The van der Waals surface area contributed by atoms with Gasteiger partial charge in [0.2, 0.25) is 5.91 Å². The number of rotatable bonds is 5. The van der Waals surface area contributed by atoms with E-state index in [2.05, 4.69) is 29.6 Å². The molecule has 0 spiro atoms. The van der Waals surface area contributed by atoms with Crippen molar-refractivity contribution in [1.29, 1.82) is 0 Å². The van der Waals surface area contributed by atoms with Gasteiger partial charge in [-0.3, -0.25) is 4.79 Å². The zero-order valence-corrected chi connectivity index (χ0v) is 19.4. The fraction of sp³-hybridized carbons (Fsp3) is 0.444. The number of likely N-dealkylation sites (tertiary alicyclic amines) is 1. The number of aliphatic hydroxyl groups is 1. The third kappa shape index (κ3) is 4.62. The first kappa shape index (κ1) is 23.4. The maximum atomic E-state index is 13.0. The third-order valence-electron chi connectivity index (χ3n) is 7.54. The summed E-state index contributed by atoms with van der Waals surface area (Å²) in [5.41, 5.74) is 4.62. The molecular formula is C27H30N2O6. The average Bonchev–Trinajstić information content (AvgIpc) is 3.41. The molecule has 8 nitrogen and oxygen atoms in total. The summed E-state index contributed by atoms with van der Waals surface area (Å²) in [4.78, 5) is 38.5. The molecule has 3 aliphatic rings. The van der Waals surface area contributed by atoms with Crippen LogP contribution in [0.25, 0.3) is 11.1 Å². The Morgan fingerprint density at radius 2 is 1.63 bits per heavy atom. The molecule has 1 aliphatic heterocycles. The summed E-state index contributed by atoms with van der Waals surface area (Å²) in [7, 11) is 0. The monoisotopic (exact) mass is 478 g/mol. The molecule has 184 valence electrons. The van der Waals surface area contributed by atoms with E-state index in [9.17, 15) is 24.6 Å². The molecule has 35 heavy (non-hydrogen) atoms. The van der Waals surface area contributed by atoms with Crippen LogP contribution in [0.1, 0.15) is 49.1 Å². The van der Waals surface area contributed by atoms with E-state index in [0.717, 1.165) is 35.1 Å². The summed E-state index contributed by atoms with van der Waals surface area (Å²) in [6.07, 6.45) is 1.28. The highest BCUT2D eigenvalue weighted by Crippen LogP contribution is 2.44. The quantitative estimate of drug-likeness (QED) is 0.608. The molecule has 0 aromatic heterocycles. The molecule has 2 aliphatic carbocycles. The number of fused-ring (bicyclic) bond motifs is 3. The van der Waals surface area contributed by atoms with E-state index in [1.54, 1.807) is 0 Å². The van der Waals surface area contributed by atoms with Crippen molar-refractivity contribution >= 4 is 18.0 Å². The minimum atomic E-state index is -1.10. The Morgan fingerprint density at radius 1 is 0.971 bits per heavy atom. The molecule has 1 heterocycles. The van der Waals surface area contributed by atoms with Crippen molar-refractivity contribution in [2.45, 2.75) is 56.2 Å². The minimum absolute atomic E-state index is 0.0246. The SMILES string of the molecule is O=C(NC1CCCC(C(=O)N2C[C@H](O)C[C@@H]2C(=O)O)C1)OCC1c2ccccc2-c2ccccc21. The number of β-amino-alcohol motifs (C(OH)–C–C–N with tert-alkyl or cyclic N) is 1. The highest BCUT2D eigenvalue weighted by atomic mass is 16.5. The lowest BCUT2D eigenvalue weighted by Gasteiger charge is -2.32. The Balaban J connectivity index is 1.18. The number of carbonyl (C=O) groups excluding carboxylic acids is 2. The molecule has 8 heteroatoms. The van der Waals surface area contributed by atoms with Crippen LogP contribution in [-0.2, 0) is 14.3 Å². The highest BCUT2D eigenvalue weighted by Gasteiger charge is 2.42. The van der Waals surface area contributed by atoms with Gasteiger partial charge in [0.25, 0.3) is 0 Å². The third-order valence-corrected chi connectivity index (χ3v) is 7.54. The number of benzene rings is 2. The van der Waals surface area contributed by atoms with E-state index in [1.807, 2.05) is 24.3 Å². The number of nitrogens with one attached hydrogen (secondary N) is 1. The van der Waals surface area contributed by atoms with Crippen LogP contribution in [0.2, 0.25) is 0 Å². The molecule has 2 fully saturated rings. The van der Waals surface area contributed by atoms with Crippen molar-refractivity contribution < 1.29 is 29.3 Å². The summed E-state index contributed by atoms with van der Waals surface area (Å²) in [5.74, 6) is -1.76. The van der Waals surface area contributed by atoms with Crippen molar-refractivity contribution in [2.24, 2.45) is 5.92 Å². The number of alkyl carbamates (subject to hydrolysis) is 1. The number of nitrogens with zero attached hydrogens (tertiary/aromatic N) is 1. The van der Waals surface area contributed by atoms with Crippen molar-refractivity contribution in [3.05, 3.63) is 59.7 Å². The lowest BCUT2D eigenvalue weighted by atomic mass is 9.84. The number of carboxylic acids is 1. The second kappa shape index (κ2) is 9.70. The van der Waals surface area contributed by atoms with Crippen molar-refractivity contribution in [3.63, 3.8) is 0 Å². The molecular weight excluding hydrogens is 448 g/mol. The summed E-state index contributed by atoms with van der Waals surface area (Å²) >= 11 is 0. The lowest BCUT2D eigenvalue weighted by molar-refractivity contribution is -0.150. The molecule has 4 atom stereocenters. The molecule has 2 aromatic carbocycles. The summed E-state index contributed by atoms with van der Waals surface area (Å²) in [5, 5.41) is 22.2. The van der Waals surface area contributed by atoms with Gasteiger partial charge in [0.1, 0.15) is 12.6 Å². The number of aliphatic carboxylic acids is 1. The number of carbonyl (C=O) groups is 3. The fourth-order valence-electron chi connectivity index (χ4n) is 5.88. The molecule has 0 radical (unpaired) electrons. The van der Waals surface area contributed by atoms with E-state index < -0.39 is 24.2 Å². The van der Waals surface area contributed by atoms with Crippen molar-refractivity contribution in [2.75, 3.05) is 13.2 Å². The number of hydrogen-bond acceptors (Lipinski definition) is 5. The van der Waals surface area contributed by atoms with Gasteiger partial charge >= 0.3 is 12.1 Å². The molecule has 1 saturated carbocycles. The van der Waals surface area contributed by atoms with Crippen LogP contribution in [0.5, 0.6) is 0 Å². The van der Waals surface area contributed by atoms with Crippen molar-refractivity contribution in [3.8, 4) is 11.1 Å². The summed E-state index contributed by atoms with van der Waals surface area (Å²) < 4.78 is 5.64. The molecule has 2 amide bonds. The van der Waals surface area contributed by atoms with Crippen LogP contribution in [-0.4, -0.2) is 64.4 Å². The maximum Gasteiger partial charge on any atom is 0.407 e.